The molecule has 3 rings (SSSR count). The molecule has 1 unspecified atom stereocenters. The fourth-order valence-electron chi connectivity index (χ4n) is 3.36. The minimum Gasteiger partial charge on any atom is -0.457 e. The normalized spacial score (nSPS) is 17.0. The second-order valence-corrected chi connectivity index (χ2v) is 6.28. The molecule has 1 atom stereocenters. The summed E-state index contributed by atoms with van der Waals surface area (Å²) in [5, 5.41) is 8.90. The fraction of sp³-hybridized carbons (Fsp3) is 0.400. The van der Waals surface area contributed by atoms with Gasteiger partial charge in [0.1, 0.15) is 11.5 Å². The molecule has 2 aromatic carbocycles. The molecule has 1 heterocycles. The van der Waals surface area contributed by atoms with Crippen molar-refractivity contribution < 1.29 is 9.84 Å². The predicted molar refractivity (Wildman–Crippen MR) is 96.1 cm³/mol. The quantitative estimate of drug-likeness (QED) is 0.730. The van der Waals surface area contributed by atoms with Crippen LogP contribution in [-0.4, -0.2) is 29.7 Å². The molecule has 2 aromatic rings. The zero-order valence-electron chi connectivity index (χ0n) is 14.0. The highest BCUT2D eigenvalue weighted by Crippen LogP contribution is 2.36. The molecule has 128 valence electrons. The van der Waals surface area contributed by atoms with Gasteiger partial charge in [-0.05, 0) is 61.2 Å². The largest absolute Gasteiger partial charge is 0.457 e. The van der Waals surface area contributed by atoms with Gasteiger partial charge in [0.2, 0.25) is 0 Å². The van der Waals surface area contributed by atoms with Gasteiger partial charge in [0, 0.05) is 25.7 Å². The molecule has 0 saturated carbocycles. The molecular weight excluding hydrogens is 300 g/mol. The van der Waals surface area contributed by atoms with Crippen LogP contribution in [0.4, 0.5) is 0 Å². The predicted octanol–water partition coefficient (Wildman–Crippen LogP) is 3.46. The second kappa shape index (κ2) is 8.29. The van der Waals surface area contributed by atoms with Crippen molar-refractivity contribution in [1.29, 1.82) is 0 Å². The number of aliphatic hydroxyl groups is 1. The smallest absolute Gasteiger partial charge is 0.127 e. The van der Waals surface area contributed by atoms with Crippen molar-refractivity contribution in [1.82, 2.24) is 4.90 Å². The first-order valence-electron chi connectivity index (χ1n) is 8.72. The van der Waals surface area contributed by atoms with E-state index in [-0.39, 0.29) is 12.6 Å². The third kappa shape index (κ3) is 3.96. The number of ether oxygens (including phenoxy) is 1. The number of fused-ring (bicyclic) bond motifs is 1. The van der Waals surface area contributed by atoms with Gasteiger partial charge in [-0.1, -0.05) is 24.3 Å². The van der Waals surface area contributed by atoms with Gasteiger partial charge >= 0.3 is 0 Å². The van der Waals surface area contributed by atoms with Crippen LogP contribution in [0.15, 0.2) is 48.5 Å². The van der Waals surface area contributed by atoms with Crippen molar-refractivity contribution >= 4 is 0 Å². The summed E-state index contributed by atoms with van der Waals surface area (Å²) >= 11 is 0. The van der Waals surface area contributed by atoms with Crippen LogP contribution in [0.2, 0.25) is 0 Å². The van der Waals surface area contributed by atoms with E-state index in [1.165, 1.54) is 11.1 Å². The van der Waals surface area contributed by atoms with Gasteiger partial charge in [-0.3, -0.25) is 4.90 Å². The first kappa shape index (κ1) is 17.0. The first-order valence-corrected chi connectivity index (χ1v) is 8.72. The molecule has 24 heavy (non-hydrogen) atoms. The topological polar surface area (TPSA) is 58.7 Å². The van der Waals surface area contributed by atoms with Crippen LogP contribution in [0.1, 0.15) is 36.4 Å². The summed E-state index contributed by atoms with van der Waals surface area (Å²) in [6.45, 7) is 2.86. The molecule has 0 radical (unpaired) electrons. The third-order valence-corrected chi connectivity index (χ3v) is 4.60. The Morgan fingerprint density at radius 3 is 2.62 bits per heavy atom. The molecular formula is C20H26N2O2. The average molecular weight is 326 g/mol. The minimum absolute atomic E-state index is 0.258. The fourth-order valence-corrected chi connectivity index (χ4v) is 3.36. The van der Waals surface area contributed by atoms with E-state index >= 15 is 0 Å². The highest BCUT2D eigenvalue weighted by atomic mass is 16.5. The lowest BCUT2D eigenvalue weighted by Crippen LogP contribution is -2.28. The van der Waals surface area contributed by atoms with Gasteiger partial charge in [0.15, 0.2) is 0 Å². The van der Waals surface area contributed by atoms with E-state index in [9.17, 15) is 0 Å². The van der Waals surface area contributed by atoms with Crippen molar-refractivity contribution in [3.05, 3.63) is 59.7 Å². The summed E-state index contributed by atoms with van der Waals surface area (Å²) < 4.78 is 5.96. The zero-order valence-corrected chi connectivity index (χ0v) is 14.0. The molecule has 4 heteroatoms. The monoisotopic (exact) mass is 326 g/mol. The number of para-hydroxylation sites is 1. The molecule has 0 bridgehead atoms. The minimum atomic E-state index is 0.258. The van der Waals surface area contributed by atoms with E-state index in [0.29, 0.717) is 6.54 Å². The number of nitrogens with two attached hydrogens (primary N) is 1. The Kier molecular flexibility index (Phi) is 5.86. The van der Waals surface area contributed by atoms with Crippen LogP contribution in [0.3, 0.4) is 0 Å². The number of rotatable bonds is 8. The number of aliphatic hydroxyl groups excluding tert-OH is 1. The number of unbranched alkanes of at least 4 members (excludes halogenated alkanes) is 2. The highest BCUT2D eigenvalue weighted by Gasteiger charge is 2.29. The van der Waals surface area contributed by atoms with Crippen LogP contribution in [0.5, 0.6) is 11.5 Å². The van der Waals surface area contributed by atoms with Gasteiger partial charge < -0.3 is 15.6 Å². The van der Waals surface area contributed by atoms with E-state index in [4.69, 9.17) is 15.6 Å². The third-order valence-electron chi connectivity index (χ3n) is 4.60. The van der Waals surface area contributed by atoms with E-state index < -0.39 is 0 Å². The summed E-state index contributed by atoms with van der Waals surface area (Å²) in [6, 6.07) is 16.4. The number of hydrogen-bond acceptors (Lipinski definition) is 4. The van der Waals surface area contributed by atoms with Crippen LogP contribution in [0, 0.1) is 0 Å². The molecule has 1 aliphatic heterocycles. The molecule has 3 N–H and O–H groups in total. The summed E-state index contributed by atoms with van der Waals surface area (Å²) in [5.74, 6) is 1.71. The summed E-state index contributed by atoms with van der Waals surface area (Å²) in [4.78, 5) is 2.44. The van der Waals surface area contributed by atoms with Gasteiger partial charge in [0.25, 0.3) is 0 Å². The Hall–Kier alpha value is -1.88. The average Bonchev–Trinajstić information content (AvgIpc) is 2.96. The molecule has 0 amide bonds. The first-order chi connectivity index (χ1) is 11.8. The van der Waals surface area contributed by atoms with Crippen LogP contribution in [-0.2, 0) is 6.54 Å². The Morgan fingerprint density at radius 2 is 1.88 bits per heavy atom. The Bertz CT molecular complexity index is 645. The van der Waals surface area contributed by atoms with Crippen molar-refractivity contribution in [3.8, 4) is 11.5 Å². The summed E-state index contributed by atoms with van der Waals surface area (Å²) in [5.41, 5.74) is 8.68. The lowest BCUT2D eigenvalue weighted by Gasteiger charge is -2.23. The van der Waals surface area contributed by atoms with Crippen LogP contribution >= 0.6 is 0 Å². The second-order valence-electron chi connectivity index (χ2n) is 6.28. The van der Waals surface area contributed by atoms with Gasteiger partial charge in [-0.2, -0.15) is 0 Å². The van der Waals surface area contributed by atoms with Crippen molar-refractivity contribution in [2.45, 2.75) is 31.8 Å². The maximum absolute atomic E-state index is 8.90. The maximum atomic E-state index is 8.90. The van der Waals surface area contributed by atoms with Crippen molar-refractivity contribution in [2.24, 2.45) is 5.73 Å². The molecule has 1 aliphatic rings. The number of benzene rings is 2. The summed E-state index contributed by atoms with van der Waals surface area (Å²) in [7, 11) is 0. The van der Waals surface area contributed by atoms with Crippen molar-refractivity contribution in [2.75, 3.05) is 19.7 Å². The van der Waals surface area contributed by atoms with Gasteiger partial charge in [-0.25, -0.2) is 0 Å². The summed E-state index contributed by atoms with van der Waals surface area (Å²) in [6.07, 6.45) is 3.03. The maximum Gasteiger partial charge on any atom is 0.127 e. The van der Waals surface area contributed by atoms with Gasteiger partial charge in [-0.15, -0.1) is 0 Å². The van der Waals surface area contributed by atoms with E-state index in [1.54, 1.807) is 0 Å². The molecule has 4 nitrogen and oxygen atoms in total. The SMILES string of the molecule is NCC1c2cc(Oc3ccccc3)ccc2CN1CCCCCO. The Morgan fingerprint density at radius 1 is 1.04 bits per heavy atom. The molecule has 0 aliphatic carbocycles. The van der Waals surface area contributed by atoms with Crippen LogP contribution < -0.4 is 10.5 Å². The van der Waals surface area contributed by atoms with E-state index in [1.807, 2.05) is 36.4 Å². The molecule has 0 saturated heterocycles. The lowest BCUT2D eigenvalue weighted by molar-refractivity contribution is 0.210. The van der Waals surface area contributed by atoms with Gasteiger partial charge in [0.05, 0.1) is 0 Å². The van der Waals surface area contributed by atoms with Crippen LogP contribution in [0.25, 0.3) is 0 Å². The number of hydrogen-bond donors (Lipinski definition) is 2. The lowest BCUT2D eigenvalue weighted by atomic mass is 10.0. The van der Waals surface area contributed by atoms with E-state index in [2.05, 4.69) is 17.0 Å². The highest BCUT2D eigenvalue weighted by molar-refractivity contribution is 5.42. The molecule has 0 aromatic heterocycles. The Balaban J connectivity index is 1.69. The zero-order chi connectivity index (χ0) is 16.8. The van der Waals surface area contributed by atoms with Crippen molar-refractivity contribution in [3.63, 3.8) is 0 Å². The van der Waals surface area contributed by atoms with E-state index in [0.717, 1.165) is 43.9 Å². The molecule has 0 spiro atoms. The number of nitrogens with zero attached hydrogens (tertiary/aromatic N) is 1. The molecule has 0 fully saturated rings. The Labute approximate surface area is 143 Å². The standard InChI is InChI=1S/C20H26N2O2/c21-14-20-19-13-18(24-17-7-3-1-4-8-17)10-9-16(19)15-22(20)11-5-2-6-12-23/h1,3-4,7-10,13,20,23H,2,5-6,11-12,14-15,21H2.